The first-order valence-corrected chi connectivity index (χ1v) is 11.3. The third-order valence-corrected chi connectivity index (χ3v) is 5.79. The van der Waals surface area contributed by atoms with Crippen molar-refractivity contribution < 1.29 is 45.5 Å². The Bertz CT molecular complexity index is 1370. The molecule has 0 bridgehead atoms. The average molecular weight is 534 g/mol. The van der Waals surface area contributed by atoms with Gasteiger partial charge in [0.2, 0.25) is 11.6 Å². The molecule has 10 heteroatoms. The molecule has 0 saturated heterocycles. The van der Waals surface area contributed by atoms with Crippen molar-refractivity contribution in [1.29, 1.82) is 0 Å². The van der Waals surface area contributed by atoms with Gasteiger partial charge in [-0.2, -0.15) is 26.3 Å². The molecule has 0 radical (unpaired) electrons. The Morgan fingerprint density at radius 2 is 1.03 bits per heavy atom. The minimum absolute atomic E-state index is 0.229. The van der Waals surface area contributed by atoms with E-state index in [4.69, 9.17) is 0 Å². The van der Waals surface area contributed by atoms with E-state index in [9.17, 15) is 45.5 Å². The van der Waals surface area contributed by atoms with Crippen LogP contribution in [0.1, 0.15) is 23.6 Å². The molecule has 3 rings (SSSR count). The minimum Gasteiger partial charge on any atom is -0.290 e. The van der Waals surface area contributed by atoms with Crippen LogP contribution in [-0.2, 0) is 38.4 Å². The van der Waals surface area contributed by atoms with Crippen molar-refractivity contribution in [2.75, 3.05) is 0 Å². The minimum atomic E-state index is -5.23. The van der Waals surface area contributed by atoms with Crippen LogP contribution in [0, 0.1) is 0 Å². The van der Waals surface area contributed by atoms with Crippen molar-refractivity contribution in [2.45, 2.75) is 38.5 Å². The van der Waals surface area contributed by atoms with Crippen LogP contribution in [0.3, 0.4) is 0 Å². The van der Waals surface area contributed by atoms with Crippen LogP contribution in [0.15, 0.2) is 66.7 Å². The second kappa shape index (κ2) is 11.1. The van der Waals surface area contributed by atoms with Crippen molar-refractivity contribution in [2.24, 2.45) is 0 Å². The molecule has 4 nitrogen and oxygen atoms in total. The van der Waals surface area contributed by atoms with Gasteiger partial charge >= 0.3 is 23.9 Å². The van der Waals surface area contributed by atoms with E-state index in [-0.39, 0.29) is 11.1 Å². The Balaban J connectivity index is 1.89. The number of carbonyl (C=O) groups is 4. The topological polar surface area (TPSA) is 68.3 Å². The monoisotopic (exact) mass is 534 g/mol. The number of ketones is 4. The number of hydrogen-bond acceptors (Lipinski definition) is 4. The molecule has 0 N–H and O–H groups in total. The molecule has 3 aromatic carbocycles. The summed E-state index contributed by atoms with van der Waals surface area (Å²) in [5.74, 6) is -7.94. The van der Waals surface area contributed by atoms with Crippen LogP contribution < -0.4 is 0 Å². The maximum absolute atomic E-state index is 12.5. The molecule has 0 aliphatic carbocycles. The third kappa shape index (κ3) is 6.62. The van der Waals surface area contributed by atoms with Crippen LogP contribution in [0.25, 0.3) is 22.3 Å². The Morgan fingerprint density at radius 1 is 0.605 bits per heavy atom. The fraction of sp³-hybridized carbons (Fsp3) is 0.214. The number of carbonyl (C=O) groups excluding carboxylic acids is 4. The van der Waals surface area contributed by atoms with Gasteiger partial charge in [0.25, 0.3) is 0 Å². The van der Waals surface area contributed by atoms with Gasteiger partial charge in [0, 0.05) is 12.8 Å². The molecule has 0 aliphatic rings. The standard InChI is InChI=1S/C28H20F6O4/c1-2-18-4-3-5-21(19-10-6-16(7-11-19)14-22(35)25(37)27(29,30)31)24(18)20-12-8-17(9-13-20)15-23(36)26(38)28(32,33)34/h3-13H,2,14-15H2,1H3. The highest BCUT2D eigenvalue weighted by Gasteiger charge is 2.43. The fourth-order valence-corrected chi connectivity index (χ4v) is 3.92. The van der Waals surface area contributed by atoms with Crippen molar-refractivity contribution >= 4 is 23.1 Å². The zero-order valence-electron chi connectivity index (χ0n) is 19.9. The molecule has 3 aromatic rings. The van der Waals surface area contributed by atoms with E-state index >= 15 is 0 Å². The number of hydrogen-bond donors (Lipinski definition) is 0. The van der Waals surface area contributed by atoms with Gasteiger partial charge in [0.05, 0.1) is 0 Å². The highest BCUT2D eigenvalue weighted by atomic mass is 19.4. The molecule has 38 heavy (non-hydrogen) atoms. The van der Waals surface area contributed by atoms with Crippen LogP contribution in [0.2, 0.25) is 0 Å². The Hall–Kier alpha value is -4.08. The number of alkyl halides is 6. The van der Waals surface area contributed by atoms with Gasteiger partial charge in [-0.1, -0.05) is 73.7 Å². The summed E-state index contributed by atoms with van der Waals surface area (Å²) in [5.41, 5.74) is 4.27. The summed E-state index contributed by atoms with van der Waals surface area (Å²) in [4.78, 5) is 45.6. The number of benzene rings is 3. The highest BCUT2D eigenvalue weighted by molar-refractivity contribution is 6.40. The van der Waals surface area contributed by atoms with E-state index in [0.717, 1.165) is 16.7 Å². The first-order valence-electron chi connectivity index (χ1n) is 11.3. The van der Waals surface area contributed by atoms with Crippen molar-refractivity contribution in [1.82, 2.24) is 0 Å². The lowest BCUT2D eigenvalue weighted by Crippen LogP contribution is -2.31. The van der Waals surface area contributed by atoms with E-state index in [1.54, 1.807) is 30.3 Å². The second-order valence-electron chi connectivity index (χ2n) is 8.44. The second-order valence-corrected chi connectivity index (χ2v) is 8.44. The summed E-state index contributed by atoms with van der Waals surface area (Å²) in [6.07, 6.45) is -11.2. The molecule has 0 aromatic heterocycles. The quantitative estimate of drug-likeness (QED) is 0.247. The molecule has 0 spiro atoms. The molecule has 0 aliphatic heterocycles. The van der Waals surface area contributed by atoms with E-state index < -0.39 is 48.3 Å². The summed E-state index contributed by atoms with van der Waals surface area (Å²) >= 11 is 0. The first-order chi connectivity index (χ1) is 17.7. The van der Waals surface area contributed by atoms with E-state index in [2.05, 4.69) is 0 Å². The predicted octanol–water partition coefficient (Wildman–Crippen LogP) is 6.07. The lowest BCUT2D eigenvalue weighted by Gasteiger charge is -2.16. The van der Waals surface area contributed by atoms with Gasteiger partial charge in [-0.25, -0.2) is 0 Å². The van der Waals surface area contributed by atoms with Crippen LogP contribution in [-0.4, -0.2) is 35.5 Å². The first kappa shape index (κ1) is 28.5. The number of aryl methyl sites for hydroxylation is 1. The summed E-state index contributed by atoms with van der Waals surface area (Å²) < 4.78 is 75.0. The van der Waals surface area contributed by atoms with Crippen molar-refractivity contribution in [3.8, 4) is 22.3 Å². The molecule has 0 fully saturated rings. The molecule has 0 amide bonds. The van der Waals surface area contributed by atoms with Crippen LogP contribution >= 0.6 is 0 Å². The van der Waals surface area contributed by atoms with E-state index in [1.807, 2.05) is 19.1 Å². The molecule has 198 valence electrons. The molecular formula is C28H20F6O4. The van der Waals surface area contributed by atoms with Gasteiger partial charge in [-0.3, -0.25) is 19.2 Å². The summed E-state index contributed by atoms with van der Waals surface area (Å²) in [5, 5.41) is 0. The zero-order valence-corrected chi connectivity index (χ0v) is 19.9. The third-order valence-electron chi connectivity index (χ3n) is 5.79. The van der Waals surface area contributed by atoms with Gasteiger partial charge in [-0.05, 0) is 45.4 Å². The molecule has 0 unspecified atom stereocenters. The molecule has 0 saturated carbocycles. The Kier molecular flexibility index (Phi) is 8.34. The summed E-state index contributed by atoms with van der Waals surface area (Å²) in [6.45, 7) is 1.92. The molecule has 0 atom stereocenters. The number of halogens is 6. The van der Waals surface area contributed by atoms with E-state index in [1.165, 1.54) is 24.3 Å². The lowest BCUT2D eigenvalue weighted by molar-refractivity contribution is -0.174. The summed E-state index contributed by atoms with van der Waals surface area (Å²) in [6, 6.07) is 17.8. The van der Waals surface area contributed by atoms with Crippen molar-refractivity contribution in [3.63, 3.8) is 0 Å². The Morgan fingerprint density at radius 3 is 1.42 bits per heavy atom. The average Bonchev–Trinajstić information content (AvgIpc) is 2.87. The normalized spacial score (nSPS) is 11.8. The maximum Gasteiger partial charge on any atom is 0.458 e. The fourth-order valence-electron chi connectivity index (χ4n) is 3.92. The van der Waals surface area contributed by atoms with Gasteiger partial charge in [0.15, 0.2) is 0 Å². The van der Waals surface area contributed by atoms with Crippen LogP contribution in [0.4, 0.5) is 26.3 Å². The van der Waals surface area contributed by atoms with Crippen molar-refractivity contribution in [3.05, 3.63) is 83.4 Å². The lowest BCUT2D eigenvalue weighted by atomic mass is 9.88. The largest absolute Gasteiger partial charge is 0.458 e. The number of rotatable bonds is 9. The summed E-state index contributed by atoms with van der Waals surface area (Å²) in [7, 11) is 0. The Labute approximate surface area is 213 Å². The molecular weight excluding hydrogens is 514 g/mol. The molecule has 0 heterocycles. The van der Waals surface area contributed by atoms with Gasteiger partial charge in [-0.15, -0.1) is 0 Å². The predicted molar refractivity (Wildman–Crippen MR) is 126 cm³/mol. The maximum atomic E-state index is 12.5. The number of Topliss-reactive ketones (excluding diaryl/α,β-unsaturated/α-hetero) is 4. The smallest absolute Gasteiger partial charge is 0.290 e. The van der Waals surface area contributed by atoms with Gasteiger partial charge < -0.3 is 0 Å². The van der Waals surface area contributed by atoms with Gasteiger partial charge in [0.1, 0.15) is 0 Å². The van der Waals surface area contributed by atoms with E-state index in [0.29, 0.717) is 17.5 Å². The zero-order chi connectivity index (χ0) is 28.3. The highest BCUT2D eigenvalue weighted by Crippen LogP contribution is 2.36. The SMILES string of the molecule is CCc1cccc(-c2ccc(CC(=O)C(=O)C(F)(F)F)cc2)c1-c1ccc(CC(=O)C(=O)C(F)(F)F)cc1. The van der Waals surface area contributed by atoms with Crippen LogP contribution in [0.5, 0.6) is 0 Å².